The summed E-state index contributed by atoms with van der Waals surface area (Å²) >= 11 is 0. The molecule has 0 saturated carbocycles. The van der Waals surface area contributed by atoms with Crippen LogP contribution in [0.3, 0.4) is 0 Å². The first-order valence-electron chi connectivity index (χ1n) is 12.5. The molecule has 38 heavy (non-hydrogen) atoms. The fraction of sp³-hybridized carbons (Fsp3) is 0.188. The molecule has 0 heterocycles. The van der Waals surface area contributed by atoms with Gasteiger partial charge in [0, 0.05) is 18.4 Å². The van der Waals surface area contributed by atoms with Crippen molar-refractivity contribution < 1.29 is 23.8 Å². The molecule has 194 valence electrons. The Morgan fingerprint density at radius 2 is 1.26 bits per heavy atom. The summed E-state index contributed by atoms with van der Waals surface area (Å²) in [6, 6.07) is 33.5. The molecule has 0 radical (unpaired) electrons. The molecule has 0 aliphatic heterocycles. The molecule has 0 spiro atoms. The molecule has 6 nitrogen and oxygen atoms in total. The maximum Gasteiger partial charge on any atom is 0.328 e. The lowest BCUT2D eigenvalue weighted by Crippen LogP contribution is -2.43. The van der Waals surface area contributed by atoms with E-state index in [1.165, 1.54) is 12.7 Å². The highest BCUT2D eigenvalue weighted by molar-refractivity contribution is 5.96. The van der Waals surface area contributed by atoms with Crippen LogP contribution in [0.4, 0.5) is 0 Å². The van der Waals surface area contributed by atoms with Crippen molar-refractivity contribution in [3.8, 4) is 11.5 Å². The molecule has 6 heteroatoms. The molecule has 0 aliphatic rings. The van der Waals surface area contributed by atoms with E-state index in [4.69, 9.17) is 14.2 Å². The summed E-state index contributed by atoms with van der Waals surface area (Å²) in [6.07, 6.45) is 1.09. The van der Waals surface area contributed by atoms with Crippen LogP contribution in [0.2, 0.25) is 0 Å². The average Bonchev–Trinajstić information content (AvgIpc) is 2.97. The third kappa shape index (κ3) is 7.96. The number of rotatable bonds is 12. The van der Waals surface area contributed by atoms with Crippen LogP contribution >= 0.6 is 0 Å². The number of carbonyl (C=O) groups excluding carboxylic acids is 2. The van der Waals surface area contributed by atoms with Gasteiger partial charge in [-0.25, -0.2) is 4.79 Å². The molecule has 1 N–H and O–H groups in total. The molecule has 4 aromatic rings. The van der Waals surface area contributed by atoms with Gasteiger partial charge in [-0.3, -0.25) is 4.79 Å². The molecule has 0 fully saturated rings. The zero-order valence-electron chi connectivity index (χ0n) is 21.3. The summed E-state index contributed by atoms with van der Waals surface area (Å²) in [5.74, 6) is 0.529. The molecule has 4 aromatic carbocycles. The van der Waals surface area contributed by atoms with Gasteiger partial charge in [0.05, 0.1) is 13.7 Å². The lowest BCUT2D eigenvalue weighted by molar-refractivity contribution is -0.142. The number of esters is 1. The third-order valence-corrected chi connectivity index (χ3v) is 6.02. The lowest BCUT2D eigenvalue weighted by atomic mass is 10.0. The Bertz CT molecular complexity index is 1290. The van der Waals surface area contributed by atoms with Crippen LogP contribution in [0.25, 0.3) is 0 Å². The third-order valence-electron chi connectivity index (χ3n) is 6.02. The Balaban J connectivity index is 1.30. The number of hydrogen-bond donors (Lipinski definition) is 1. The molecule has 0 bridgehead atoms. The van der Waals surface area contributed by atoms with Gasteiger partial charge in [-0.1, -0.05) is 72.8 Å². The molecule has 0 aliphatic carbocycles. The van der Waals surface area contributed by atoms with Crippen molar-refractivity contribution >= 4 is 11.9 Å². The largest absolute Gasteiger partial charge is 0.493 e. The SMILES string of the molecule is COC(=O)C(Cc1ccc(OCc2ccccc2)cc1)NC(=O)c1ccc(OCCc2ccccc2)cc1. The maximum absolute atomic E-state index is 12.9. The van der Waals surface area contributed by atoms with Gasteiger partial charge in [0.25, 0.3) is 5.91 Å². The van der Waals surface area contributed by atoms with Crippen molar-refractivity contribution in [1.29, 1.82) is 0 Å². The highest BCUT2D eigenvalue weighted by Crippen LogP contribution is 2.17. The van der Waals surface area contributed by atoms with Crippen LogP contribution in [0.15, 0.2) is 109 Å². The quantitative estimate of drug-likeness (QED) is 0.259. The fourth-order valence-electron chi connectivity index (χ4n) is 3.91. The maximum atomic E-state index is 12.9. The number of nitrogens with one attached hydrogen (secondary N) is 1. The van der Waals surface area contributed by atoms with Gasteiger partial charge >= 0.3 is 5.97 Å². The van der Waals surface area contributed by atoms with Crippen LogP contribution in [-0.4, -0.2) is 31.6 Å². The second-order valence-electron chi connectivity index (χ2n) is 8.78. The van der Waals surface area contributed by atoms with Gasteiger partial charge in [-0.05, 0) is 53.1 Å². The topological polar surface area (TPSA) is 73.9 Å². The van der Waals surface area contributed by atoms with E-state index in [2.05, 4.69) is 17.4 Å². The highest BCUT2D eigenvalue weighted by atomic mass is 16.5. The summed E-state index contributed by atoms with van der Waals surface area (Å²) in [7, 11) is 1.31. The average molecular weight is 510 g/mol. The van der Waals surface area contributed by atoms with Crippen molar-refractivity contribution in [3.63, 3.8) is 0 Å². The Kier molecular flexibility index (Phi) is 9.51. The van der Waals surface area contributed by atoms with Crippen LogP contribution in [0.1, 0.15) is 27.0 Å². The zero-order valence-corrected chi connectivity index (χ0v) is 21.3. The number of methoxy groups -OCH3 is 1. The number of benzene rings is 4. The Morgan fingerprint density at radius 1 is 0.684 bits per heavy atom. The van der Waals surface area contributed by atoms with E-state index in [-0.39, 0.29) is 12.3 Å². The van der Waals surface area contributed by atoms with E-state index in [1.807, 2.05) is 72.8 Å². The standard InChI is InChI=1S/C32H31NO5/c1-36-32(35)30(22-25-12-16-29(17-13-25)38-23-26-10-6-3-7-11-26)33-31(34)27-14-18-28(19-15-27)37-21-20-24-8-4-2-5-9-24/h2-19,30H,20-23H2,1H3,(H,33,34). The molecule has 1 unspecified atom stereocenters. The second-order valence-corrected chi connectivity index (χ2v) is 8.78. The van der Waals surface area contributed by atoms with E-state index in [0.717, 1.165) is 23.3 Å². The summed E-state index contributed by atoms with van der Waals surface area (Å²) in [5.41, 5.74) is 3.58. The Morgan fingerprint density at radius 3 is 1.89 bits per heavy atom. The van der Waals surface area contributed by atoms with Gasteiger partial charge < -0.3 is 19.5 Å². The molecule has 0 saturated heterocycles. The molecule has 0 aromatic heterocycles. The van der Waals surface area contributed by atoms with Crippen LogP contribution < -0.4 is 14.8 Å². The van der Waals surface area contributed by atoms with Gasteiger partial charge in [0.1, 0.15) is 24.1 Å². The van der Waals surface area contributed by atoms with Crippen molar-refractivity contribution in [2.75, 3.05) is 13.7 Å². The highest BCUT2D eigenvalue weighted by Gasteiger charge is 2.22. The number of hydrogen-bond acceptors (Lipinski definition) is 5. The van der Waals surface area contributed by atoms with Crippen LogP contribution in [-0.2, 0) is 29.0 Å². The van der Waals surface area contributed by atoms with Crippen molar-refractivity contribution in [2.45, 2.75) is 25.5 Å². The summed E-state index contributed by atoms with van der Waals surface area (Å²) in [5, 5.41) is 2.79. The first-order chi connectivity index (χ1) is 18.6. The van der Waals surface area contributed by atoms with Crippen molar-refractivity contribution in [1.82, 2.24) is 5.32 Å². The number of amides is 1. The van der Waals surface area contributed by atoms with E-state index < -0.39 is 12.0 Å². The molecule has 1 amide bonds. The Hall–Kier alpha value is -4.58. The monoisotopic (exact) mass is 509 g/mol. The minimum absolute atomic E-state index is 0.290. The molecule has 4 rings (SSSR count). The van der Waals surface area contributed by atoms with Gasteiger partial charge in [-0.15, -0.1) is 0 Å². The van der Waals surface area contributed by atoms with Crippen LogP contribution in [0, 0.1) is 0 Å². The van der Waals surface area contributed by atoms with Gasteiger partial charge in [0.15, 0.2) is 0 Å². The second kappa shape index (κ2) is 13.7. The summed E-state index contributed by atoms with van der Waals surface area (Å²) in [4.78, 5) is 25.3. The fourth-order valence-corrected chi connectivity index (χ4v) is 3.91. The predicted molar refractivity (Wildman–Crippen MR) is 146 cm³/mol. The normalized spacial score (nSPS) is 11.3. The van der Waals surface area contributed by atoms with Gasteiger partial charge in [0.2, 0.25) is 0 Å². The summed E-state index contributed by atoms with van der Waals surface area (Å²) in [6.45, 7) is 1.01. The van der Waals surface area contributed by atoms with Gasteiger partial charge in [-0.2, -0.15) is 0 Å². The first kappa shape index (κ1) is 26.5. The van der Waals surface area contributed by atoms with E-state index in [1.54, 1.807) is 24.3 Å². The summed E-state index contributed by atoms with van der Waals surface area (Å²) < 4.78 is 16.6. The number of carbonyl (C=O) groups is 2. The minimum atomic E-state index is -0.828. The van der Waals surface area contributed by atoms with Crippen LogP contribution in [0.5, 0.6) is 11.5 Å². The smallest absolute Gasteiger partial charge is 0.328 e. The van der Waals surface area contributed by atoms with E-state index in [9.17, 15) is 9.59 Å². The first-order valence-corrected chi connectivity index (χ1v) is 12.5. The van der Waals surface area contributed by atoms with E-state index >= 15 is 0 Å². The van der Waals surface area contributed by atoms with Crippen molar-refractivity contribution in [3.05, 3.63) is 131 Å². The zero-order chi connectivity index (χ0) is 26.6. The molecule has 1 atom stereocenters. The lowest BCUT2D eigenvalue weighted by Gasteiger charge is -2.17. The number of ether oxygens (including phenoxy) is 3. The predicted octanol–water partition coefficient (Wildman–Crippen LogP) is 5.40. The van der Waals surface area contributed by atoms with E-state index in [0.29, 0.717) is 24.5 Å². The van der Waals surface area contributed by atoms with Crippen molar-refractivity contribution in [2.24, 2.45) is 0 Å². The molecular formula is C32H31NO5. The minimum Gasteiger partial charge on any atom is -0.493 e. The Labute approximate surface area is 223 Å². The molecular weight excluding hydrogens is 478 g/mol.